The molecular weight excluding hydrogens is 660 g/mol. The number of hydrogen-bond donors (Lipinski definition) is 12. The summed E-state index contributed by atoms with van der Waals surface area (Å²) >= 11 is 0. The number of phenols is 2. The lowest BCUT2D eigenvalue weighted by Gasteiger charge is -2.40. The molecule has 13 atom stereocenters. The Kier molecular flexibility index (Phi) is 11.6. The lowest BCUT2D eigenvalue weighted by atomic mass is 9.99. The molecule has 18 heteroatoms. The number of ether oxygens (including phenoxy) is 6. The van der Waals surface area contributed by atoms with Gasteiger partial charge < -0.3 is 89.7 Å². The molecule has 12 N–H and O–H groups in total. The third-order valence-electron chi connectivity index (χ3n) is 8.40. The molecule has 3 aliphatic rings. The molecule has 0 aromatic heterocycles. The van der Waals surface area contributed by atoms with Gasteiger partial charge in [-0.25, -0.2) is 0 Å². The SMILES string of the molecule is OCC1OC(Oc2ccc(C=Cc3cc(O)cc(OC4OC(COC5OCC(O)(CO)C5O)C(O)C(O)C4O)c3)c(O)c2)C(O)C(O)C1O. The zero-order valence-corrected chi connectivity index (χ0v) is 25.7. The van der Waals surface area contributed by atoms with Crippen LogP contribution >= 0.6 is 0 Å². The highest BCUT2D eigenvalue weighted by atomic mass is 16.7. The van der Waals surface area contributed by atoms with Crippen LogP contribution in [0.25, 0.3) is 12.2 Å². The second kappa shape index (κ2) is 15.4. The lowest BCUT2D eigenvalue weighted by molar-refractivity contribution is -0.289. The first-order chi connectivity index (χ1) is 23.2. The summed E-state index contributed by atoms with van der Waals surface area (Å²) in [5, 5.41) is 121. The normalized spacial score (nSPS) is 38.2. The quantitative estimate of drug-likeness (QED) is 0.0997. The largest absolute Gasteiger partial charge is 0.508 e. The van der Waals surface area contributed by atoms with Crippen LogP contribution in [0.2, 0.25) is 0 Å². The monoisotopic (exact) mass is 700 g/mol. The molecule has 13 unspecified atom stereocenters. The van der Waals surface area contributed by atoms with Crippen molar-refractivity contribution in [3.05, 3.63) is 47.5 Å². The van der Waals surface area contributed by atoms with E-state index in [1.807, 2.05) is 0 Å². The fourth-order valence-corrected chi connectivity index (χ4v) is 5.40. The minimum Gasteiger partial charge on any atom is -0.508 e. The molecule has 2 aromatic carbocycles. The van der Waals surface area contributed by atoms with Gasteiger partial charge in [0.2, 0.25) is 12.6 Å². The van der Waals surface area contributed by atoms with Gasteiger partial charge in [0.1, 0.15) is 83.5 Å². The van der Waals surface area contributed by atoms with E-state index in [-0.39, 0.29) is 28.6 Å². The van der Waals surface area contributed by atoms with Crippen molar-refractivity contribution in [2.45, 2.75) is 79.4 Å². The maximum atomic E-state index is 10.6. The molecule has 0 spiro atoms. The number of aromatic hydroxyl groups is 2. The summed E-state index contributed by atoms with van der Waals surface area (Å²) in [6, 6.07) is 8.05. The van der Waals surface area contributed by atoms with E-state index >= 15 is 0 Å². The highest BCUT2D eigenvalue weighted by molar-refractivity contribution is 5.74. The van der Waals surface area contributed by atoms with Crippen molar-refractivity contribution >= 4 is 12.2 Å². The van der Waals surface area contributed by atoms with Gasteiger partial charge in [-0.2, -0.15) is 0 Å². The highest BCUT2D eigenvalue weighted by Crippen LogP contribution is 2.32. The molecule has 5 rings (SSSR count). The Morgan fingerprint density at radius 3 is 1.96 bits per heavy atom. The first-order valence-electron chi connectivity index (χ1n) is 15.2. The van der Waals surface area contributed by atoms with Gasteiger partial charge in [-0.15, -0.1) is 0 Å². The molecule has 0 saturated carbocycles. The van der Waals surface area contributed by atoms with Crippen molar-refractivity contribution < 1.29 is 89.7 Å². The molecule has 0 aliphatic carbocycles. The van der Waals surface area contributed by atoms with Crippen molar-refractivity contribution in [1.29, 1.82) is 0 Å². The number of aliphatic hydroxyl groups is 10. The molecule has 3 fully saturated rings. The molecule has 3 aliphatic heterocycles. The molecule has 272 valence electrons. The zero-order valence-electron chi connectivity index (χ0n) is 25.7. The Labute approximate surface area is 278 Å². The summed E-state index contributed by atoms with van der Waals surface area (Å²) in [5.74, 6) is -0.528. The average Bonchev–Trinajstić information content (AvgIpc) is 3.37. The van der Waals surface area contributed by atoms with Gasteiger partial charge in [0, 0.05) is 17.7 Å². The van der Waals surface area contributed by atoms with E-state index in [2.05, 4.69) is 0 Å². The van der Waals surface area contributed by atoms with E-state index in [1.165, 1.54) is 48.6 Å². The van der Waals surface area contributed by atoms with Crippen LogP contribution in [0.3, 0.4) is 0 Å². The Morgan fingerprint density at radius 1 is 0.714 bits per heavy atom. The Bertz CT molecular complexity index is 1440. The van der Waals surface area contributed by atoms with Crippen LogP contribution in [0.4, 0.5) is 0 Å². The van der Waals surface area contributed by atoms with E-state index < -0.39 is 106 Å². The maximum Gasteiger partial charge on any atom is 0.229 e. The molecule has 3 heterocycles. The number of hydrogen-bond acceptors (Lipinski definition) is 18. The van der Waals surface area contributed by atoms with Crippen LogP contribution in [0, 0.1) is 0 Å². The summed E-state index contributed by atoms with van der Waals surface area (Å²) in [7, 11) is 0. The van der Waals surface area contributed by atoms with Crippen LogP contribution in [0.15, 0.2) is 36.4 Å². The second-order valence-corrected chi connectivity index (χ2v) is 12.0. The van der Waals surface area contributed by atoms with E-state index in [0.717, 1.165) is 0 Å². The standard InChI is InChI=1S/C31H40O18/c32-9-19-21(36)23(38)25(40)28(48-19)46-16-4-3-14(18(35)8-16)2-1-13-5-15(34)7-17(6-13)47-29-26(41)24(39)22(37)20(49-29)10-44-30-27(42)31(43,11-33)12-45-30/h1-8,19-30,32-43H,9-12H2. The van der Waals surface area contributed by atoms with Crippen LogP contribution in [-0.4, -0.2) is 167 Å². The highest BCUT2D eigenvalue weighted by Gasteiger charge is 2.50. The third kappa shape index (κ3) is 8.08. The minimum absolute atomic E-state index is 0.0259. The summed E-state index contributed by atoms with van der Waals surface area (Å²) in [6.07, 6.45) is -15.6. The van der Waals surface area contributed by atoms with Crippen LogP contribution < -0.4 is 9.47 Å². The minimum atomic E-state index is -1.95. The fourth-order valence-electron chi connectivity index (χ4n) is 5.40. The number of phenolic OH excluding ortho intramolecular Hbond substituents is 2. The molecule has 0 bridgehead atoms. The van der Waals surface area contributed by atoms with Crippen molar-refractivity contribution in [3.63, 3.8) is 0 Å². The zero-order chi connectivity index (χ0) is 35.6. The Morgan fingerprint density at radius 2 is 1.35 bits per heavy atom. The van der Waals surface area contributed by atoms with E-state index in [9.17, 15) is 61.3 Å². The van der Waals surface area contributed by atoms with Crippen molar-refractivity contribution in [1.82, 2.24) is 0 Å². The molecule has 49 heavy (non-hydrogen) atoms. The summed E-state index contributed by atoms with van der Waals surface area (Å²) in [6.45, 7) is -2.35. The van der Waals surface area contributed by atoms with Crippen LogP contribution in [0.1, 0.15) is 11.1 Å². The molecule has 18 nitrogen and oxygen atoms in total. The van der Waals surface area contributed by atoms with E-state index in [4.69, 9.17) is 28.4 Å². The van der Waals surface area contributed by atoms with E-state index in [0.29, 0.717) is 5.56 Å². The third-order valence-corrected chi connectivity index (χ3v) is 8.40. The maximum absolute atomic E-state index is 10.6. The smallest absolute Gasteiger partial charge is 0.229 e. The number of benzene rings is 2. The first kappa shape index (κ1) is 37.1. The van der Waals surface area contributed by atoms with Crippen LogP contribution in [0.5, 0.6) is 23.0 Å². The van der Waals surface area contributed by atoms with Crippen molar-refractivity contribution in [3.8, 4) is 23.0 Å². The molecular formula is C31H40O18. The van der Waals surface area contributed by atoms with Gasteiger partial charge in [-0.1, -0.05) is 12.2 Å². The predicted molar refractivity (Wildman–Crippen MR) is 161 cm³/mol. The van der Waals surface area contributed by atoms with Crippen molar-refractivity contribution in [2.75, 3.05) is 26.4 Å². The molecule has 2 aromatic rings. The summed E-state index contributed by atoms with van der Waals surface area (Å²) in [5.41, 5.74) is -1.31. The Balaban J connectivity index is 1.22. The second-order valence-electron chi connectivity index (χ2n) is 12.0. The van der Waals surface area contributed by atoms with E-state index in [1.54, 1.807) is 0 Å². The fraction of sp³-hybridized carbons (Fsp3) is 0.548. The Hall–Kier alpha value is -3.18. The summed E-state index contributed by atoms with van der Waals surface area (Å²) < 4.78 is 32.7. The average molecular weight is 701 g/mol. The van der Waals surface area contributed by atoms with Gasteiger partial charge >= 0.3 is 0 Å². The lowest BCUT2D eigenvalue weighted by Crippen LogP contribution is -2.60. The van der Waals surface area contributed by atoms with Gasteiger partial charge in [-0.05, 0) is 29.8 Å². The van der Waals surface area contributed by atoms with Crippen molar-refractivity contribution in [2.24, 2.45) is 0 Å². The first-order valence-corrected chi connectivity index (χ1v) is 15.2. The predicted octanol–water partition coefficient (Wildman–Crippen LogP) is -3.91. The number of aliphatic hydroxyl groups excluding tert-OH is 9. The molecule has 0 radical (unpaired) electrons. The summed E-state index contributed by atoms with van der Waals surface area (Å²) in [4.78, 5) is 0. The van der Waals surface area contributed by atoms with Gasteiger partial charge in [0.05, 0.1) is 26.4 Å². The van der Waals surface area contributed by atoms with Gasteiger partial charge in [0.25, 0.3) is 0 Å². The molecule has 3 saturated heterocycles. The number of rotatable bonds is 11. The van der Waals surface area contributed by atoms with Crippen LogP contribution in [-0.2, 0) is 18.9 Å². The molecule has 0 amide bonds. The van der Waals surface area contributed by atoms with Gasteiger partial charge in [-0.3, -0.25) is 0 Å². The topological polar surface area (TPSA) is 298 Å². The van der Waals surface area contributed by atoms with Gasteiger partial charge in [0.15, 0.2) is 6.29 Å².